The predicted molar refractivity (Wildman–Crippen MR) is 117 cm³/mol. The molecule has 0 bridgehead atoms. The molecule has 0 spiro atoms. The molecule has 0 amide bonds. The summed E-state index contributed by atoms with van der Waals surface area (Å²) in [6, 6.07) is 13.9. The number of rotatable bonds is 6. The van der Waals surface area contributed by atoms with Crippen LogP contribution in [0.5, 0.6) is 5.75 Å². The first kappa shape index (κ1) is 19.8. The molecule has 0 saturated heterocycles. The molecule has 4 aromatic rings. The highest BCUT2D eigenvalue weighted by atomic mass is 32.1. The van der Waals surface area contributed by atoms with Gasteiger partial charge < -0.3 is 4.74 Å². The third-order valence-corrected chi connectivity index (χ3v) is 5.82. The Hall–Kier alpha value is -3.52. The highest BCUT2D eigenvalue weighted by Gasteiger charge is 2.17. The number of fused-ring (bicyclic) bond motifs is 1. The van der Waals surface area contributed by atoms with Gasteiger partial charge in [-0.05, 0) is 37.1 Å². The first-order valence-electron chi connectivity index (χ1n) is 9.43. The Morgan fingerprint density at radius 2 is 1.83 bits per heavy atom. The highest BCUT2D eigenvalue weighted by molar-refractivity contribution is 7.19. The van der Waals surface area contributed by atoms with Crippen LogP contribution in [0, 0.1) is 17.0 Å². The standard InChI is InChI=1S/C22H19N3O4S/c1-3-29-18-10-6-16(7-11-18)19-14(2)30-21-20(19)22(26)24(13-23-21)12-15-4-8-17(9-5-15)25(27)28/h4-11,13H,3,12H2,1-2H3. The van der Waals surface area contributed by atoms with Crippen molar-refractivity contribution in [3.05, 3.63) is 85.8 Å². The van der Waals surface area contributed by atoms with Crippen molar-refractivity contribution in [2.75, 3.05) is 6.61 Å². The largest absolute Gasteiger partial charge is 0.494 e. The molecule has 7 nitrogen and oxygen atoms in total. The van der Waals surface area contributed by atoms with E-state index in [1.54, 1.807) is 12.1 Å². The Balaban J connectivity index is 1.75. The third kappa shape index (κ3) is 3.69. The second kappa shape index (κ2) is 8.08. The molecular formula is C22H19N3O4S. The van der Waals surface area contributed by atoms with Crippen molar-refractivity contribution in [1.82, 2.24) is 9.55 Å². The van der Waals surface area contributed by atoms with E-state index in [0.29, 0.717) is 16.8 Å². The van der Waals surface area contributed by atoms with Gasteiger partial charge in [0, 0.05) is 22.6 Å². The summed E-state index contributed by atoms with van der Waals surface area (Å²) in [4.78, 5) is 29.9. The second-order valence-electron chi connectivity index (χ2n) is 6.77. The number of aromatic nitrogens is 2. The van der Waals surface area contributed by atoms with Gasteiger partial charge in [0.2, 0.25) is 0 Å². The molecule has 0 N–H and O–H groups in total. The van der Waals surface area contributed by atoms with Crippen LogP contribution in [0.1, 0.15) is 17.4 Å². The van der Waals surface area contributed by atoms with Gasteiger partial charge in [-0.1, -0.05) is 24.3 Å². The first-order chi connectivity index (χ1) is 14.5. The first-order valence-corrected chi connectivity index (χ1v) is 10.2. The van der Waals surface area contributed by atoms with Crippen molar-refractivity contribution < 1.29 is 9.66 Å². The van der Waals surface area contributed by atoms with E-state index in [1.807, 2.05) is 38.1 Å². The van der Waals surface area contributed by atoms with E-state index in [2.05, 4.69) is 4.98 Å². The minimum Gasteiger partial charge on any atom is -0.494 e. The fourth-order valence-electron chi connectivity index (χ4n) is 3.40. The van der Waals surface area contributed by atoms with E-state index in [9.17, 15) is 14.9 Å². The smallest absolute Gasteiger partial charge is 0.269 e. The predicted octanol–water partition coefficient (Wildman–Crippen LogP) is 4.79. The van der Waals surface area contributed by atoms with Crippen LogP contribution in [0.4, 0.5) is 5.69 Å². The number of nitrogens with zero attached hydrogens (tertiary/aromatic N) is 3. The zero-order valence-electron chi connectivity index (χ0n) is 16.5. The minimum atomic E-state index is -0.444. The van der Waals surface area contributed by atoms with Crippen molar-refractivity contribution >= 4 is 27.2 Å². The molecule has 4 rings (SSSR count). The maximum absolute atomic E-state index is 13.3. The van der Waals surface area contributed by atoms with Crippen LogP contribution in [0.25, 0.3) is 21.3 Å². The van der Waals surface area contributed by atoms with E-state index in [0.717, 1.165) is 27.3 Å². The van der Waals surface area contributed by atoms with Gasteiger partial charge >= 0.3 is 0 Å². The molecule has 0 fully saturated rings. The Labute approximate surface area is 176 Å². The number of benzene rings is 2. The van der Waals surface area contributed by atoms with Gasteiger partial charge in [-0.15, -0.1) is 11.3 Å². The third-order valence-electron chi connectivity index (χ3n) is 4.81. The molecule has 8 heteroatoms. The summed E-state index contributed by atoms with van der Waals surface area (Å²) in [6.45, 7) is 4.80. The molecule has 0 aliphatic rings. The van der Waals surface area contributed by atoms with Crippen LogP contribution in [0.15, 0.2) is 59.7 Å². The van der Waals surface area contributed by atoms with Crippen molar-refractivity contribution in [1.29, 1.82) is 0 Å². The Morgan fingerprint density at radius 3 is 2.47 bits per heavy atom. The van der Waals surface area contributed by atoms with Gasteiger partial charge in [0.05, 0.1) is 29.8 Å². The van der Waals surface area contributed by atoms with E-state index in [-0.39, 0.29) is 17.8 Å². The normalized spacial score (nSPS) is 11.0. The lowest BCUT2D eigenvalue weighted by atomic mass is 10.0. The van der Waals surface area contributed by atoms with Gasteiger partial charge in [0.25, 0.3) is 11.2 Å². The zero-order chi connectivity index (χ0) is 21.3. The number of ether oxygens (including phenoxy) is 1. The average Bonchev–Trinajstić information content (AvgIpc) is 3.08. The van der Waals surface area contributed by atoms with Crippen molar-refractivity contribution in [3.63, 3.8) is 0 Å². The zero-order valence-corrected chi connectivity index (χ0v) is 17.3. The number of nitro benzene ring substituents is 1. The van der Waals surface area contributed by atoms with Crippen molar-refractivity contribution in [2.24, 2.45) is 0 Å². The van der Waals surface area contributed by atoms with Gasteiger partial charge in [-0.25, -0.2) is 4.98 Å². The number of nitro groups is 1. The number of hydrogen-bond acceptors (Lipinski definition) is 6. The summed E-state index contributed by atoms with van der Waals surface area (Å²) < 4.78 is 7.05. The Kier molecular flexibility index (Phi) is 5.33. The fourth-order valence-corrected chi connectivity index (χ4v) is 4.41. The van der Waals surface area contributed by atoms with Crippen LogP contribution < -0.4 is 10.3 Å². The van der Waals surface area contributed by atoms with Crippen LogP contribution in [-0.2, 0) is 6.54 Å². The molecule has 0 aliphatic heterocycles. The molecular weight excluding hydrogens is 402 g/mol. The molecule has 2 heterocycles. The summed E-state index contributed by atoms with van der Waals surface area (Å²) in [5.41, 5.74) is 2.50. The molecule has 0 atom stereocenters. The molecule has 2 aromatic carbocycles. The molecule has 0 aliphatic carbocycles. The summed E-state index contributed by atoms with van der Waals surface area (Å²) in [6.07, 6.45) is 1.53. The van der Waals surface area contributed by atoms with Crippen LogP contribution in [0.3, 0.4) is 0 Å². The molecule has 152 valence electrons. The van der Waals surface area contributed by atoms with E-state index >= 15 is 0 Å². The van der Waals surface area contributed by atoms with E-state index in [1.165, 1.54) is 34.4 Å². The minimum absolute atomic E-state index is 0.0194. The van der Waals surface area contributed by atoms with Crippen molar-refractivity contribution in [2.45, 2.75) is 20.4 Å². The molecule has 0 radical (unpaired) electrons. The Bertz CT molecular complexity index is 1270. The molecule has 2 aromatic heterocycles. The van der Waals surface area contributed by atoms with Gasteiger partial charge in [-0.3, -0.25) is 19.5 Å². The Morgan fingerprint density at radius 1 is 1.13 bits per heavy atom. The van der Waals surface area contributed by atoms with Gasteiger partial charge in [-0.2, -0.15) is 0 Å². The number of aryl methyl sites for hydroxylation is 1. The quantitative estimate of drug-likeness (QED) is 0.330. The van der Waals surface area contributed by atoms with E-state index < -0.39 is 4.92 Å². The van der Waals surface area contributed by atoms with Crippen molar-refractivity contribution in [3.8, 4) is 16.9 Å². The maximum atomic E-state index is 13.3. The second-order valence-corrected chi connectivity index (χ2v) is 7.98. The lowest BCUT2D eigenvalue weighted by molar-refractivity contribution is -0.384. The molecule has 30 heavy (non-hydrogen) atoms. The van der Waals surface area contributed by atoms with Crippen LogP contribution in [0.2, 0.25) is 0 Å². The number of non-ortho nitro benzene ring substituents is 1. The summed E-state index contributed by atoms with van der Waals surface area (Å²) >= 11 is 1.49. The van der Waals surface area contributed by atoms with Gasteiger partial charge in [0.1, 0.15) is 10.6 Å². The summed E-state index contributed by atoms with van der Waals surface area (Å²) in [5, 5.41) is 11.4. The lowest BCUT2D eigenvalue weighted by Gasteiger charge is -2.08. The number of thiophene rings is 1. The van der Waals surface area contributed by atoms with E-state index in [4.69, 9.17) is 4.74 Å². The SMILES string of the molecule is CCOc1ccc(-c2c(C)sc3ncn(Cc4ccc([N+](=O)[O-])cc4)c(=O)c23)cc1. The molecule has 0 saturated carbocycles. The van der Waals surface area contributed by atoms with Crippen LogP contribution >= 0.6 is 11.3 Å². The monoisotopic (exact) mass is 421 g/mol. The fraction of sp³-hybridized carbons (Fsp3) is 0.182. The van der Waals surface area contributed by atoms with Gasteiger partial charge in [0.15, 0.2) is 0 Å². The summed E-state index contributed by atoms with van der Waals surface area (Å²) in [7, 11) is 0. The average molecular weight is 421 g/mol. The lowest BCUT2D eigenvalue weighted by Crippen LogP contribution is -2.21. The molecule has 0 unspecified atom stereocenters. The highest BCUT2D eigenvalue weighted by Crippen LogP contribution is 2.36. The number of hydrogen-bond donors (Lipinski definition) is 0. The maximum Gasteiger partial charge on any atom is 0.269 e. The van der Waals surface area contributed by atoms with Crippen LogP contribution in [-0.4, -0.2) is 21.1 Å². The summed E-state index contributed by atoms with van der Waals surface area (Å²) in [5.74, 6) is 0.784. The topological polar surface area (TPSA) is 87.3 Å².